The van der Waals surface area contributed by atoms with Gasteiger partial charge in [0.25, 0.3) is 5.82 Å². The van der Waals surface area contributed by atoms with Gasteiger partial charge in [-0.2, -0.15) is 0 Å². The SMILES string of the molecule is CCOC(=O)c1nc2n(n1)C(c1ccccc1)CC2O[Si](C)(C)C(C)(C)C. The zero-order valence-electron chi connectivity index (χ0n) is 17.0. The molecule has 0 spiro atoms. The summed E-state index contributed by atoms with van der Waals surface area (Å²) in [6.07, 6.45) is 0.598. The van der Waals surface area contributed by atoms with Crippen LogP contribution in [0.2, 0.25) is 18.1 Å². The molecule has 0 aliphatic carbocycles. The van der Waals surface area contributed by atoms with Crippen LogP contribution in [0.25, 0.3) is 0 Å². The molecule has 2 atom stereocenters. The second-order valence-corrected chi connectivity index (χ2v) is 13.2. The van der Waals surface area contributed by atoms with Gasteiger partial charge in [-0.1, -0.05) is 51.1 Å². The Balaban J connectivity index is 1.98. The van der Waals surface area contributed by atoms with Gasteiger partial charge in [-0.25, -0.2) is 14.5 Å². The van der Waals surface area contributed by atoms with Gasteiger partial charge in [0.15, 0.2) is 14.1 Å². The Labute approximate surface area is 162 Å². The smallest absolute Gasteiger partial charge is 0.378 e. The summed E-state index contributed by atoms with van der Waals surface area (Å²) in [6, 6.07) is 10.2. The maximum Gasteiger partial charge on any atom is 0.378 e. The van der Waals surface area contributed by atoms with Crippen molar-refractivity contribution in [3.63, 3.8) is 0 Å². The number of carbonyl (C=O) groups is 1. The van der Waals surface area contributed by atoms with E-state index < -0.39 is 14.3 Å². The molecule has 1 aromatic carbocycles. The van der Waals surface area contributed by atoms with E-state index >= 15 is 0 Å². The third-order valence-electron chi connectivity index (χ3n) is 5.56. The first-order chi connectivity index (χ1) is 12.6. The summed E-state index contributed by atoms with van der Waals surface area (Å²) in [5.74, 6) is 0.338. The lowest BCUT2D eigenvalue weighted by Crippen LogP contribution is -2.41. The zero-order valence-corrected chi connectivity index (χ0v) is 18.0. The van der Waals surface area contributed by atoms with Crippen LogP contribution in [-0.2, 0) is 9.16 Å². The number of benzene rings is 1. The molecule has 2 heterocycles. The summed E-state index contributed by atoms with van der Waals surface area (Å²) < 4.78 is 13.6. The molecule has 0 N–H and O–H groups in total. The van der Waals surface area contributed by atoms with Crippen LogP contribution in [0.3, 0.4) is 0 Å². The lowest BCUT2D eigenvalue weighted by molar-refractivity contribution is 0.0510. The number of ether oxygens (including phenoxy) is 1. The monoisotopic (exact) mass is 387 g/mol. The predicted octanol–water partition coefficient (Wildman–Crippen LogP) is 4.51. The standard InChI is InChI=1S/C20H29N3O3Si/c1-7-25-19(24)17-21-18-16(26-27(5,6)20(2,3)4)13-15(23(18)22-17)14-11-9-8-10-12-14/h8-12,15-16H,7,13H2,1-6H3. The highest BCUT2D eigenvalue weighted by Gasteiger charge is 2.44. The van der Waals surface area contributed by atoms with Crippen LogP contribution >= 0.6 is 0 Å². The van der Waals surface area contributed by atoms with E-state index in [1.807, 2.05) is 22.9 Å². The molecule has 0 fully saturated rings. The number of rotatable bonds is 5. The molecule has 27 heavy (non-hydrogen) atoms. The van der Waals surface area contributed by atoms with Crippen molar-refractivity contribution in [3.05, 3.63) is 47.5 Å². The first-order valence-corrected chi connectivity index (χ1v) is 12.4. The van der Waals surface area contributed by atoms with E-state index in [1.54, 1.807) is 6.92 Å². The fraction of sp³-hybridized carbons (Fsp3) is 0.550. The van der Waals surface area contributed by atoms with E-state index in [9.17, 15) is 4.79 Å². The van der Waals surface area contributed by atoms with Crippen LogP contribution in [0, 0.1) is 0 Å². The minimum absolute atomic E-state index is 0.00615. The molecule has 7 heteroatoms. The summed E-state index contributed by atoms with van der Waals surface area (Å²) in [7, 11) is -2.00. The molecule has 1 aliphatic heterocycles. The minimum Gasteiger partial charge on any atom is -0.460 e. The molecule has 1 aromatic heterocycles. The average Bonchev–Trinajstić information content (AvgIpc) is 3.15. The molecule has 2 unspecified atom stereocenters. The molecule has 0 amide bonds. The summed E-state index contributed by atoms with van der Waals surface area (Å²) in [4.78, 5) is 16.7. The predicted molar refractivity (Wildman–Crippen MR) is 106 cm³/mol. The van der Waals surface area contributed by atoms with Gasteiger partial charge in [0.1, 0.15) is 6.10 Å². The Morgan fingerprint density at radius 3 is 2.52 bits per heavy atom. The van der Waals surface area contributed by atoms with Gasteiger partial charge in [-0.3, -0.25) is 0 Å². The van der Waals surface area contributed by atoms with Crippen molar-refractivity contribution in [2.45, 2.75) is 64.4 Å². The van der Waals surface area contributed by atoms with Crippen molar-refractivity contribution in [2.24, 2.45) is 0 Å². The Hall–Kier alpha value is -1.99. The number of carbonyl (C=O) groups excluding carboxylic acids is 1. The van der Waals surface area contributed by atoms with Crippen LogP contribution in [0.4, 0.5) is 0 Å². The fourth-order valence-corrected chi connectivity index (χ4v) is 4.33. The zero-order chi connectivity index (χ0) is 19.8. The molecule has 6 nitrogen and oxygen atoms in total. The summed E-state index contributed by atoms with van der Waals surface area (Å²) in [5.41, 5.74) is 1.14. The molecule has 0 saturated carbocycles. The minimum atomic E-state index is -2.00. The molecular formula is C20H29N3O3Si. The van der Waals surface area contributed by atoms with E-state index in [-0.39, 0.29) is 23.0 Å². The summed E-state index contributed by atoms with van der Waals surface area (Å²) in [5, 5.41) is 4.57. The van der Waals surface area contributed by atoms with Gasteiger partial charge in [0, 0.05) is 6.42 Å². The van der Waals surface area contributed by atoms with Crippen LogP contribution in [0.15, 0.2) is 30.3 Å². The van der Waals surface area contributed by atoms with Crippen molar-refractivity contribution < 1.29 is 14.0 Å². The van der Waals surface area contributed by atoms with Crippen LogP contribution in [0.5, 0.6) is 0 Å². The Morgan fingerprint density at radius 2 is 1.93 bits per heavy atom. The molecule has 0 radical (unpaired) electrons. The fourth-order valence-electron chi connectivity index (χ4n) is 3.06. The number of fused-ring (bicyclic) bond motifs is 1. The van der Waals surface area contributed by atoms with E-state index in [0.717, 1.165) is 17.8 Å². The third-order valence-corrected chi connectivity index (χ3v) is 10.0. The lowest BCUT2D eigenvalue weighted by atomic mass is 10.0. The Kier molecular flexibility index (Phi) is 5.27. The van der Waals surface area contributed by atoms with Crippen LogP contribution < -0.4 is 0 Å². The van der Waals surface area contributed by atoms with Crippen molar-refractivity contribution >= 4 is 14.3 Å². The van der Waals surface area contributed by atoms with E-state index in [0.29, 0.717) is 6.61 Å². The third kappa shape index (κ3) is 3.84. The first kappa shape index (κ1) is 19.8. The van der Waals surface area contributed by atoms with E-state index in [2.05, 4.69) is 56.1 Å². The molecule has 3 rings (SSSR count). The van der Waals surface area contributed by atoms with Crippen molar-refractivity contribution in [3.8, 4) is 0 Å². The normalized spacial score (nSPS) is 19.8. The van der Waals surface area contributed by atoms with E-state index in [1.165, 1.54) is 0 Å². The van der Waals surface area contributed by atoms with Gasteiger partial charge in [-0.15, -0.1) is 5.10 Å². The summed E-state index contributed by atoms with van der Waals surface area (Å²) in [6.45, 7) is 13.2. The van der Waals surface area contributed by atoms with Gasteiger partial charge in [-0.05, 0) is 30.6 Å². The Morgan fingerprint density at radius 1 is 1.26 bits per heavy atom. The summed E-state index contributed by atoms with van der Waals surface area (Å²) >= 11 is 0. The van der Waals surface area contributed by atoms with Gasteiger partial charge in [0.2, 0.25) is 0 Å². The molecule has 2 aromatic rings. The largest absolute Gasteiger partial charge is 0.460 e. The lowest BCUT2D eigenvalue weighted by Gasteiger charge is -2.38. The molecule has 146 valence electrons. The topological polar surface area (TPSA) is 66.2 Å². The first-order valence-electron chi connectivity index (χ1n) is 9.50. The Bertz CT molecular complexity index is 812. The van der Waals surface area contributed by atoms with Crippen molar-refractivity contribution in [1.82, 2.24) is 14.8 Å². The molecular weight excluding hydrogens is 358 g/mol. The second-order valence-electron chi connectivity index (χ2n) is 8.49. The highest BCUT2D eigenvalue weighted by molar-refractivity contribution is 6.74. The van der Waals surface area contributed by atoms with Crippen molar-refractivity contribution in [2.75, 3.05) is 6.61 Å². The molecule has 0 saturated heterocycles. The quantitative estimate of drug-likeness (QED) is 0.558. The van der Waals surface area contributed by atoms with Gasteiger partial charge >= 0.3 is 5.97 Å². The number of hydrogen-bond acceptors (Lipinski definition) is 5. The number of nitrogens with zero attached hydrogens (tertiary/aromatic N) is 3. The maximum atomic E-state index is 12.2. The second kappa shape index (κ2) is 7.20. The van der Waals surface area contributed by atoms with E-state index in [4.69, 9.17) is 9.16 Å². The maximum absolute atomic E-state index is 12.2. The van der Waals surface area contributed by atoms with Crippen LogP contribution in [-0.4, -0.2) is 35.7 Å². The van der Waals surface area contributed by atoms with Gasteiger partial charge in [0.05, 0.1) is 12.6 Å². The van der Waals surface area contributed by atoms with Crippen LogP contribution in [0.1, 0.15) is 68.3 Å². The highest BCUT2D eigenvalue weighted by atomic mass is 28.4. The molecule has 1 aliphatic rings. The van der Waals surface area contributed by atoms with Gasteiger partial charge < -0.3 is 9.16 Å². The number of esters is 1. The average molecular weight is 388 g/mol. The van der Waals surface area contributed by atoms with Crippen molar-refractivity contribution in [1.29, 1.82) is 0 Å². The number of aromatic nitrogens is 3. The molecule has 0 bridgehead atoms. The number of hydrogen-bond donors (Lipinski definition) is 0. The highest BCUT2D eigenvalue weighted by Crippen LogP contribution is 2.45.